The Hall–Kier alpha value is -1.11. The van der Waals surface area contributed by atoms with Gasteiger partial charge in [-0.05, 0) is 31.1 Å². The van der Waals surface area contributed by atoms with Crippen LogP contribution in [0.3, 0.4) is 0 Å². The second kappa shape index (κ2) is 9.55. The van der Waals surface area contributed by atoms with Gasteiger partial charge >= 0.3 is 5.97 Å². The van der Waals surface area contributed by atoms with Crippen LogP contribution in [0.2, 0.25) is 0 Å². The molecule has 146 valence electrons. The van der Waals surface area contributed by atoms with E-state index < -0.39 is 38.1 Å². The monoisotopic (exact) mass is 375 g/mol. The summed E-state index contributed by atoms with van der Waals surface area (Å²) in [6.07, 6.45) is 4.48. The Morgan fingerprint density at radius 2 is 1.64 bits per heavy atom. The third kappa shape index (κ3) is 6.28. The average Bonchev–Trinajstić information content (AvgIpc) is 2.51. The molecule has 1 amide bonds. The van der Waals surface area contributed by atoms with E-state index >= 15 is 0 Å². The molecule has 0 aromatic heterocycles. The Balaban J connectivity index is 2.84. The molecule has 0 spiro atoms. The molecule has 25 heavy (non-hydrogen) atoms. The van der Waals surface area contributed by atoms with Crippen LogP contribution in [0.4, 0.5) is 0 Å². The predicted octanol–water partition coefficient (Wildman–Crippen LogP) is 2.62. The standard InChI is InChI=1S/C18H33NO5S/c1-12(2)10-14(18(21)22)11-19-17(20)16(13(3)4)25(23,24)15-8-6-5-7-9-15/h12-16H,5-11H2,1-4H3,(H,19,20)(H,21,22). The largest absolute Gasteiger partial charge is 0.481 e. The van der Waals surface area contributed by atoms with Crippen molar-refractivity contribution in [1.82, 2.24) is 5.32 Å². The molecule has 2 unspecified atom stereocenters. The summed E-state index contributed by atoms with van der Waals surface area (Å²) in [4.78, 5) is 23.9. The fraction of sp³-hybridized carbons (Fsp3) is 0.889. The number of hydrogen-bond acceptors (Lipinski definition) is 4. The van der Waals surface area contributed by atoms with E-state index in [1.807, 2.05) is 13.8 Å². The van der Waals surface area contributed by atoms with E-state index in [9.17, 15) is 23.1 Å². The third-order valence-corrected chi connectivity index (χ3v) is 7.73. The Bertz CT molecular complexity index is 550. The summed E-state index contributed by atoms with van der Waals surface area (Å²) in [6.45, 7) is 7.26. The van der Waals surface area contributed by atoms with E-state index in [1.54, 1.807) is 13.8 Å². The van der Waals surface area contributed by atoms with Crippen molar-refractivity contribution in [3.05, 3.63) is 0 Å². The van der Waals surface area contributed by atoms with Crippen LogP contribution in [0.5, 0.6) is 0 Å². The van der Waals surface area contributed by atoms with Crippen LogP contribution >= 0.6 is 0 Å². The highest BCUT2D eigenvalue weighted by Gasteiger charge is 2.41. The molecule has 0 aliphatic heterocycles. The minimum absolute atomic E-state index is 0.0320. The van der Waals surface area contributed by atoms with Crippen molar-refractivity contribution in [3.63, 3.8) is 0 Å². The van der Waals surface area contributed by atoms with Gasteiger partial charge in [-0.1, -0.05) is 47.0 Å². The van der Waals surface area contributed by atoms with Crippen LogP contribution in [0.25, 0.3) is 0 Å². The molecule has 6 nitrogen and oxygen atoms in total. The minimum Gasteiger partial charge on any atom is -0.481 e. The highest BCUT2D eigenvalue weighted by Crippen LogP contribution is 2.29. The fourth-order valence-corrected chi connectivity index (χ4v) is 6.14. The highest BCUT2D eigenvalue weighted by molar-refractivity contribution is 7.93. The zero-order valence-corrected chi connectivity index (χ0v) is 16.6. The topological polar surface area (TPSA) is 101 Å². The number of carboxylic acids is 1. The molecule has 0 bridgehead atoms. The normalized spacial score (nSPS) is 19.0. The van der Waals surface area contributed by atoms with Crippen LogP contribution in [0.1, 0.15) is 66.2 Å². The van der Waals surface area contributed by atoms with Crippen molar-refractivity contribution >= 4 is 21.7 Å². The quantitative estimate of drug-likeness (QED) is 0.645. The molecule has 1 rings (SSSR count). The van der Waals surface area contributed by atoms with Gasteiger partial charge in [-0.25, -0.2) is 8.42 Å². The molecular formula is C18H33NO5S. The molecule has 0 heterocycles. The molecule has 2 N–H and O–H groups in total. The Morgan fingerprint density at radius 1 is 1.08 bits per heavy atom. The number of hydrogen-bond donors (Lipinski definition) is 2. The number of rotatable bonds is 9. The molecule has 1 saturated carbocycles. The summed E-state index contributed by atoms with van der Waals surface area (Å²) >= 11 is 0. The highest BCUT2D eigenvalue weighted by atomic mass is 32.2. The zero-order chi connectivity index (χ0) is 19.2. The first-order valence-electron chi connectivity index (χ1n) is 9.30. The summed E-state index contributed by atoms with van der Waals surface area (Å²) in [6, 6.07) is 0. The first kappa shape index (κ1) is 21.9. The lowest BCUT2D eigenvalue weighted by Crippen LogP contribution is -2.48. The maximum Gasteiger partial charge on any atom is 0.308 e. The van der Waals surface area contributed by atoms with Gasteiger partial charge in [0.05, 0.1) is 11.2 Å². The molecule has 1 aliphatic rings. The van der Waals surface area contributed by atoms with Crippen LogP contribution in [0.15, 0.2) is 0 Å². The molecule has 1 fully saturated rings. The molecular weight excluding hydrogens is 342 g/mol. The van der Waals surface area contributed by atoms with Gasteiger partial charge in [0.2, 0.25) is 5.91 Å². The number of carboxylic acid groups (broad SMARTS) is 1. The first-order chi connectivity index (χ1) is 11.6. The van der Waals surface area contributed by atoms with Gasteiger partial charge in [0.25, 0.3) is 0 Å². The van der Waals surface area contributed by atoms with Gasteiger partial charge < -0.3 is 10.4 Å². The number of carbonyl (C=O) groups is 2. The lowest BCUT2D eigenvalue weighted by atomic mass is 9.97. The van der Waals surface area contributed by atoms with Gasteiger partial charge in [0, 0.05) is 6.54 Å². The van der Waals surface area contributed by atoms with E-state index in [-0.39, 0.29) is 18.4 Å². The maximum absolute atomic E-state index is 12.9. The van der Waals surface area contributed by atoms with Gasteiger partial charge in [-0.15, -0.1) is 0 Å². The number of carbonyl (C=O) groups excluding carboxylic acids is 1. The Labute approximate surface area is 151 Å². The SMILES string of the molecule is CC(C)CC(CNC(=O)C(C(C)C)S(=O)(=O)C1CCCCC1)C(=O)O. The summed E-state index contributed by atoms with van der Waals surface area (Å²) in [5, 5.41) is 10.3. The molecule has 1 aliphatic carbocycles. The number of amides is 1. The number of aliphatic carboxylic acids is 1. The Morgan fingerprint density at radius 3 is 2.08 bits per heavy atom. The number of sulfone groups is 1. The van der Waals surface area contributed by atoms with E-state index in [2.05, 4.69) is 5.32 Å². The summed E-state index contributed by atoms with van der Waals surface area (Å²) in [7, 11) is -3.57. The van der Waals surface area contributed by atoms with Crippen LogP contribution in [-0.4, -0.2) is 42.4 Å². The van der Waals surface area contributed by atoms with Crippen LogP contribution in [-0.2, 0) is 19.4 Å². The van der Waals surface area contributed by atoms with Crippen molar-refractivity contribution < 1.29 is 23.1 Å². The molecule has 0 aromatic carbocycles. The van der Waals surface area contributed by atoms with Crippen molar-refractivity contribution in [2.24, 2.45) is 17.8 Å². The van der Waals surface area contributed by atoms with Gasteiger partial charge in [0.15, 0.2) is 9.84 Å². The fourth-order valence-electron chi connectivity index (χ4n) is 3.60. The third-order valence-electron chi connectivity index (χ3n) is 4.86. The molecule has 0 radical (unpaired) electrons. The second-order valence-corrected chi connectivity index (χ2v) is 10.3. The smallest absolute Gasteiger partial charge is 0.308 e. The first-order valence-corrected chi connectivity index (χ1v) is 10.9. The zero-order valence-electron chi connectivity index (χ0n) is 15.8. The van der Waals surface area contributed by atoms with Crippen molar-refractivity contribution in [2.75, 3.05) is 6.54 Å². The van der Waals surface area contributed by atoms with Gasteiger partial charge in [0.1, 0.15) is 5.25 Å². The molecule has 7 heteroatoms. The molecule has 0 aromatic rings. The van der Waals surface area contributed by atoms with Crippen LogP contribution < -0.4 is 5.32 Å². The van der Waals surface area contributed by atoms with Crippen molar-refractivity contribution in [2.45, 2.75) is 76.7 Å². The van der Waals surface area contributed by atoms with Crippen molar-refractivity contribution in [1.29, 1.82) is 0 Å². The lowest BCUT2D eigenvalue weighted by molar-refractivity contribution is -0.142. The van der Waals surface area contributed by atoms with Crippen LogP contribution in [0, 0.1) is 17.8 Å². The average molecular weight is 376 g/mol. The predicted molar refractivity (Wildman–Crippen MR) is 98.0 cm³/mol. The van der Waals surface area contributed by atoms with E-state index in [0.29, 0.717) is 19.3 Å². The van der Waals surface area contributed by atoms with Gasteiger partial charge in [-0.3, -0.25) is 9.59 Å². The summed E-state index contributed by atoms with van der Waals surface area (Å²) < 4.78 is 25.9. The van der Waals surface area contributed by atoms with E-state index in [4.69, 9.17) is 0 Å². The second-order valence-electron chi connectivity index (χ2n) is 7.92. The lowest BCUT2D eigenvalue weighted by Gasteiger charge is -2.29. The Kier molecular flexibility index (Phi) is 8.38. The van der Waals surface area contributed by atoms with Crippen molar-refractivity contribution in [3.8, 4) is 0 Å². The van der Waals surface area contributed by atoms with E-state index in [0.717, 1.165) is 19.3 Å². The van der Waals surface area contributed by atoms with Gasteiger partial charge in [-0.2, -0.15) is 0 Å². The molecule has 2 atom stereocenters. The molecule has 0 saturated heterocycles. The van der Waals surface area contributed by atoms with E-state index in [1.165, 1.54) is 0 Å². The minimum atomic E-state index is -3.57. The summed E-state index contributed by atoms with van der Waals surface area (Å²) in [5.74, 6) is -2.39. The maximum atomic E-state index is 12.9. The summed E-state index contributed by atoms with van der Waals surface area (Å²) in [5.41, 5.74) is 0. The number of nitrogens with one attached hydrogen (secondary N) is 1.